The van der Waals surface area contributed by atoms with Crippen LogP contribution in [0.4, 0.5) is 4.39 Å². The number of halogens is 1. The minimum atomic E-state index is -0.509. The second-order valence-corrected chi connectivity index (χ2v) is 5.71. The summed E-state index contributed by atoms with van der Waals surface area (Å²) >= 11 is 0. The Balaban J connectivity index is 1.73. The number of carbonyl (C=O) groups excluding carboxylic acids is 1. The molecule has 116 valence electrons. The van der Waals surface area contributed by atoms with Gasteiger partial charge in [-0.3, -0.25) is 4.79 Å². The van der Waals surface area contributed by atoms with Crippen molar-refractivity contribution in [3.05, 3.63) is 48.0 Å². The third-order valence-corrected chi connectivity index (χ3v) is 3.92. The highest BCUT2D eigenvalue weighted by Gasteiger charge is 2.31. The first-order valence-electron chi connectivity index (χ1n) is 7.29. The summed E-state index contributed by atoms with van der Waals surface area (Å²) in [7, 11) is 1.62. The van der Waals surface area contributed by atoms with Gasteiger partial charge in [0, 0.05) is 31.5 Å². The second kappa shape index (κ2) is 5.88. The van der Waals surface area contributed by atoms with Gasteiger partial charge in [-0.25, -0.2) is 9.07 Å². The SMILES string of the molecule is CN(CC(O)C1CC1)C(=O)c1ccc(-n2cccn2)c(F)c1. The van der Waals surface area contributed by atoms with E-state index in [1.54, 1.807) is 31.6 Å². The van der Waals surface area contributed by atoms with Crippen LogP contribution in [0, 0.1) is 11.7 Å². The Kier molecular flexibility index (Phi) is 3.94. The summed E-state index contributed by atoms with van der Waals surface area (Å²) in [5, 5.41) is 13.9. The molecule has 1 amide bonds. The highest BCUT2D eigenvalue weighted by molar-refractivity contribution is 5.94. The van der Waals surface area contributed by atoms with Crippen molar-refractivity contribution in [2.75, 3.05) is 13.6 Å². The molecular formula is C16H18FN3O2. The highest BCUT2D eigenvalue weighted by atomic mass is 19.1. The Labute approximate surface area is 128 Å². The quantitative estimate of drug-likeness (QED) is 0.917. The number of aliphatic hydroxyl groups excluding tert-OH is 1. The van der Waals surface area contributed by atoms with Gasteiger partial charge >= 0.3 is 0 Å². The lowest BCUT2D eigenvalue weighted by Crippen LogP contribution is -2.35. The Morgan fingerprint density at radius 1 is 1.55 bits per heavy atom. The number of likely N-dealkylation sites (N-methyl/N-ethyl adjacent to an activating group) is 1. The minimum absolute atomic E-state index is 0.263. The van der Waals surface area contributed by atoms with Crippen LogP contribution in [0.25, 0.3) is 5.69 Å². The Bertz CT molecular complexity index is 668. The number of rotatable bonds is 5. The molecule has 1 atom stereocenters. The van der Waals surface area contributed by atoms with Crippen LogP contribution in [0.1, 0.15) is 23.2 Å². The monoisotopic (exact) mass is 303 g/mol. The average molecular weight is 303 g/mol. The van der Waals surface area contributed by atoms with Crippen molar-refractivity contribution in [2.45, 2.75) is 18.9 Å². The molecule has 1 fully saturated rings. The van der Waals surface area contributed by atoms with Crippen molar-refractivity contribution in [2.24, 2.45) is 5.92 Å². The fraction of sp³-hybridized carbons (Fsp3) is 0.375. The summed E-state index contributed by atoms with van der Waals surface area (Å²) in [6, 6.07) is 6.01. The average Bonchev–Trinajstić information content (AvgIpc) is 3.22. The van der Waals surface area contributed by atoms with E-state index >= 15 is 0 Å². The lowest BCUT2D eigenvalue weighted by molar-refractivity contribution is 0.0645. The molecule has 22 heavy (non-hydrogen) atoms. The van der Waals surface area contributed by atoms with Gasteiger partial charge in [0.1, 0.15) is 11.5 Å². The van der Waals surface area contributed by atoms with Crippen LogP contribution in [0.15, 0.2) is 36.7 Å². The van der Waals surface area contributed by atoms with E-state index in [-0.39, 0.29) is 18.0 Å². The van der Waals surface area contributed by atoms with Crippen LogP contribution in [0.2, 0.25) is 0 Å². The number of hydrogen-bond donors (Lipinski definition) is 1. The van der Waals surface area contributed by atoms with E-state index in [9.17, 15) is 14.3 Å². The molecular weight excluding hydrogens is 285 g/mol. The van der Waals surface area contributed by atoms with Crippen molar-refractivity contribution in [3.63, 3.8) is 0 Å². The van der Waals surface area contributed by atoms with E-state index in [1.165, 1.54) is 21.7 Å². The van der Waals surface area contributed by atoms with Crippen LogP contribution in [-0.2, 0) is 0 Å². The predicted molar refractivity (Wildman–Crippen MR) is 79.2 cm³/mol. The summed E-state index contributed by atoms with van der Waals surface area (Å²) in [6.07, 6.45) is 4.72. The van der Waals surface area contributed by atoms with Crippen LogP contribution < -0.4 is 0 Å². The van der Waals surface area contributed by atoms with Gasteiger partial charge < -0.3 is 10.0 Å². The molecule has 0 bridgehead atoms. The molecule has 1 aromatic heterocycles. The lowest BCUT2D eigenvalue weighted by atomic mass is 10.1. The van der Waals surface area contributed by atoms with E-state index in [1.807, 2.05) is 0 Å². The molecule has 3 rings (SSSR count). The van der Waals surface area contributed by atoms with E-state index in [4.69, 9.17) is 0 Å². The molecule has 1 saturated carbocycles. The molecule has 1 heterocycles. The molecule has 1 unspecified atom stereocenters. The van der Waals surface area contributed by atoms with Gasteiger partial charge in [0.25, 0.3) is 5.91 Å². The molecule has 1 aliphatic carbocycles. The molecule has 6 heteroatoms. The third kappa shape index (κ3) is 3.01. The first-order chi connectivity index (χ1) is 10.6. The fourth-order valence-corrected chi connectivity index (χ4v) is 2.45. The minimum Gasteiger partial charge on any atom is -0.391 e. The molecule has 1 aliphatic rings. The first kappa shape index (κ1) is 14.7. The Morgan fingerprint density at radius 3 is 2.91 bits per heavy atom. The first-order valence-corrected chi connectivity index (χ1v) is 7.29. The molecule has 1 aromatic carbocycles. The maximum atomic E-state index is 14.2. The van der Waals surface area contributed by atoms with E-state index in [0.717, 1.165) is 12.8 Å². The van der Waals surface area contributed by atoms with E-state index in [0.29, 0.717) is 11.6 Å². The van der Waals surface area contributed by atoms with Crippen LogP contribution in [0.5, 0.6) is 0 Å². The summed E-state index contributed by atoms with van der Waals surface area (Å²) in [4.78, 5) is 13.7. The fourth-order valence-electron chi connectivity index (χ4n) is 2.45. The smallest absolute Gasteiger partial charge is 0.253 e. The molecule has 2 aromatic rings. The number of carbonyl (C=O) groups is 1. The highest BCUT2D eigenvalue weighted by Crippen LogP contribution is 2.32. The summed E-state index contributed by atoms with van der Waals surface area (Å²) < 4.78 is 15.6. The van der Waals surface area contributed by atoms with Gasteiger partial charge in [-0.05, 0) is 43.0 Å². The zero-order valence-electron chi connectivity index (χ0n) is 12.3. The molecule has 0 aliphatic heterocycles. The van der Waals surface area contributed by atoms with Crippen molar-refractivity contribution in [3.8, 4) is 5.69 Å². The second-order valence-electron chi connectivity index (χ2n) is 5.71. The van der Waals surface area contributed by atoms with Crippen molar-refractivity contribution in [1.29, 1.82) is 0 Å². The van der Waals surface area contributed by atoms with Crippen LogP contribution >= 0.6 is 0 Å². The Morgan fingerprint density at radius 2 is 2.32 bits per heavy atom. The number of aromatic nitrogens is 2. The summed E-state index contributed by atoms with van der Waals surface area (Å²) in [5.74, 6) is -0.509. The zero-order chi connectivity index (χ0) is 15.7. The predicted octanol–water partition coefficient (Wildman–Crippen LogP) is 1.85. The number of hydrogen-bond acceptors (Lipinski definition) is 3. The van der Waals surface area contributed by atoms with Crippen molar-refractivity contribution >= 4 is 5.91 Å². The maximum Gasteiger partial charge on any atom is 0.253 e. The number of nitrogens with zero attached hydrogens (tertiary/aromatic N) is 3. The van der Waals surface area contributed by atoms with Gasteiger partial charge in [-0.15, -0.1) is 0 Å². The van der Waals surface area contributed by atoms with Crippen molar-refractivity contribution < 1.29 is 14.3 Å². The largest absolute Gasteiger partial charge is 0.391 e. The molecule has 1 N–H and O–H groups in total. The van der Waals surface area contributed by atoms with Gasteiger partial charge in [0.05, 0.1) is 6.10 Å². The molecule has 0 saturated heterocycles. The topological polar surface area (TPSA) is 58.4 Å². The standard InChI is InChI=1S/C16H18FN3O2/c1-19(10-15(21)11-3-4-11)16(22)12-5-6-14(13(17)9-12)20-8-2-7-18-20/h2,5-9,11,15,21H,3-4,10H2,1H3. The van der Waals surface area contributed by atoms with Gasteiger partial charge in [0.2, 0.25) is 0 Å². The lowest BCUT2D eigenvalue weighted by Gasteiger charge is -2.21. The maximum absolute atomic E-state index is 14.2. The van der Waals surface area contributed by atoms with Gasteiger partial charge in [-0.1, -0.05) is 0 Å². The summed E-state index contributed by atoms with van der Waals surface area (Å²) in [6.45, 7) is 0.270. The van der Waals surface area contributed by atoms with E-state index < -0.39 is 11.9 Å². The number of aliphatic hydroxyl groups is 1. The molecule has 0 radical (unpaired) electrons. The van der Waals surface area contributed by atoms with Gasteiger partial charge in [0.15, 0.2) is 0 Å². The normalized spacial score (nSPS) is 15.6. The van der Waals surface area contributed by atoms with Crippen LogP contribution in [-0.4, -0.2) is 45.4 Å². The number of benzene rings is 1. The molecule has 5 nitrogen and oxygen atoms in total. The van der Waals surface area contributed by atoms with E-state index in [2.05, 4.69) is 5.10 Å². The van der Waals surface area contributed by atoms with Crippen molar-refractivity contribution in [1.82, 2.24) is 14.7 Å². The van der Waals surface area contributed by atoms with Gasteiger partial charge in [-0.2, -0.15) is 5.10 Å². The Hall–Kier alpha value is -2.21. The number of amides is 1. The molecule has 0 spiro atoms. The zero-order valence-corrected chi connectivity index (χ0v) is 12.3. The van der Waals surface area contributed by atoms with Crippen LogP contribution in [0.3, 0.4) is 0 Å². The summed E-state index contributed by atoms with van der Waals surface area (Å²) in [5.41, 5.74) is 0.557. The third-order valence-electron chi connectivity index (χ3n) is 3.92.